The van der Waals surface area contributed by atoms with Crippen molar-refractivity contribution in [2.75, 3.05) is 13.1 Å². The Morgan fingerprint density at radius 1 is 1.50 bits per heavy atom. The van der Waals surface area contributed by atoms with E-state index in [4.69, 9.17) is 5.73 Å². The number of aromatic nitrogens is 1. The Balaban J connectivity index is 2.33. The van der Waals surface area contributed by atoms with E-state index >= 15 is 0 Å². The predicted molar refractivity (Wildman–Crippen MR) is 79.3 cm³/mol. The van der Waals surface area contributed by atoms with Gasteiger partial charge in [0.15, 0.2) is 0 Å². The fraction of sp³-hybridized carbons (Fsp3) is 0.615. The van der Waals surface area contributed by atoms with E-state index in [9.17, 15) is 9.59 Å². The molecule has 0 bridgehead atoms. The third kappa shape index (κ3) is 5.66. The topological polar surface area (TPSA) is 97.1 Å². The lowest BCUT2D eigenvalue weighted by atomic mass is 10.1. The third-order valence-electron chi connectivity index (χ3n) is 2.82. The molecular formula is C13H22N4O2S. The van der Waals surface area contributed by atoms with Crippen molar-refractivity contribution in [2.45, 2.75) is 32.7 Å². The minimum Gasteiger partial charge on any atom is -0.359 e. The highest BCUT2D eigenvalue weighted by Gasteiger charge is 2.15. The maximum absolute atomic E-state index is 11.7. The van der Waals surface area contributed by atoms with E-state index in [1.807, 2.05) is 19.2 Å². The van der Waals surface area contributed by atoms with Crippen LogP contribution in [0.4, 0.5) is 0 Å². The summed E-state index contributed by atoms with van der Waals surface area (Å²) in [5.74, 6) is 0.263. The summed E-state index contributed by atoms with van der Waals surface area (Å²) < 4.78 is 0. The fourth-order valence-corrected chi connectivity index (χ4v) is 2.54. The van der Waals surface area contributed by atoms with E-state index in [0.717, 1.165) is 10.7 Å². The first-order valence-corrected chi connectivity index (χ1v) is 7.56. The summed E-state index contributed by atoms with van der Waals surface area (Å²) >= 11 is 1.50. The summed E-state index contributed by atoms with van der Waals surface area (Å²) in [7, 11) is 0. The van der Waals surface area contributed by atoms with Crippen molar-refractivity contribution in [3.63, 3.8) is 0 Å². The average molecular weight is 298 g/mol. The van der Waals surface area contributed by atoms with Crippen LogP contribution in [0.15, 0.2) is 5.38 Å². The molecule has 1 heterocycles. The molecule has 1 rings (SSSR count). The van der Waals surface area contributed by atoms with Crippen molar-refractivity contribution in [2.24, 2.45) is 11.7 Å². The highest BCUT2D eigenvalue weighted by molar-refractivity contribution is 7.09. The third-order valence-corrected chi connectivity index (χ3v) is 3.81. The maximum atomic E-state index is 11.7. The molecule has 0 aliphatic carbocycles. The summed E-state index contributed by atoms with van der Waals surface area (Å²) in [6.07, 6.45) is 1.63. The quantitative estimate of drug-likeness (QED) is 0.459. The monoisotopic (exact) mass is 298 g/mol. The van der Waals surface area contributed by atoms with Gasteiger partial charge in [-0.1, -0.05) is 13.8 Å². The number of hydrogen-bond acceptors (Lipinski definition) is 5. The second-order valence-electron chi connectivity index (χ2n) is 4.90. The molecule has 1 aromatic rings. The molecule has 0 saturated carbocycles. The number of carbonyl (C=O) groups excluding carboxylic acids is 2. The van der Waals surface area contributed by atoms with Gasteiger partial charge in [-0.05, 0) is 12.3 Å². The summed E-state index contributed by atoms with van der Waals surface area (Å²) in [6, 6.07) is -0.0776. The Labute approximate surface area is 123 Å². The molecule has 0 fully saturated rings. The molecule has 0 saturated heterocycles. The molecule has 1 aromatic heterocycles. The van der Waals surface area contributed by atoms with Crippen LogP contribution in [0, 0.1) is 5.92 Å². The highest BCUT2D eigenvalue weighted by atomic mass is 32.1. The van der Waals surface area contributed by atoms with Crippen LogP contribution in [0.3, 0.4) is 0 Å². The van der Waals surface area contributed by atoms with Gasteiger partial charge >= 0.3 is 0 Å². The molecule has 0 aromatic carbocycles. The van der Waals surface area contributed by atoms with Gasteiger partial charge in [-0.15, -0.1) is 11.3 Å². The van der Waals surface area contributed by atoms with Crippen molar-refractivity contribution in [3.05, 3.63) is 16.1 Å². The normalized spacial score (nSPS) is 12.2. The number of hydrogen-bond donors (Lipinski definition) is 3. The smallest absolute Gasteiger partial charge is 0.226 e. The largest absolute Gasteiger partial charge is 0.359 e. The second kappa shape index (κ2) is 8.65. The molecule has 1 unspecified atom stereocenters. The lowest BCUT2D eigenvalue weighted by molar-refractivity contribution is -0.120. The van der Waals surface area contributed by atoms with Gasteiger partial charge in [0.25, 0.3) is 0 Å². The molecule has 0 radical (unpaired) electrons. The molecule has 20 heavy (non-hydrogen) atoms. The Bertz CT molecular complexity index is 434. The van der Waals surface area contributed by atoms with Crippen LogP contribution in [0.25, 0.3) is 0 Å². The van der Waals surface area contributed by atoms with Crippen molar-refractivity contribution in [1.82, 2.24) is 15.6 Å². The van der Waals surface area contributed by atoms with Crippen molar-refractivity contribution < 1.29 is 9.59 Å². The summed E-state index contributed by atoms with van der Waals surface area (Å²) in [5.41, 5.74) is 6.77. The second-order valence-corrected chi connectivity index (χ2v) is 5.79. The molecular weight excluding hydrogens is 276 g/mol. The van der Waals surface area contributed by atoms with Gasteiger partial charge in [0, 0.05) is 18.5 Å². The number of amides is 2. The van der Waals surface area contributed by atoms with Crippen LogP contribution < -0.4 is 16.4 Å². The van der Waals surface area contributed by atoms with Crippen LogP contribution in [-0.4, -0.2) is 30.4 Å². The van der Waals surface area contributed by atoms with E-state index in [1.54, 1.807) is 0 Å². The number of thiazole rings is 1. The zero-order chi connectivity index (χ0) is 15.0. The van der Waals surface area contributed by atoms with Crippen molar-refractivity contribution >= 4 is 23.7 Å². The molecule has 0 aliphatic heterocycles. The molecule has 6 nitrogen and oxygen atoms in total. The van der Waals surface area contributed by atoms with Crippen molar-refractivity contribution in [1.29, 1.82) is 0 Å². The van der Waals surface area contributed by atoms with Gasteiger partial charge in [0.1, 0.15) is 5.01 Å². The fourth-order valence-electron chi connectivity index (χ4n) is 1.55. The average Bonchev–Trinajstić information content (AvgIpc) is 2.85. The number of carbonyl (C=O) groups is 2. The first kappa shape index (κ1) is 16.6. The Kier molecular flexibility index (Phi) is 7.17. The number of nitrogens with zero attached hydrogens (tertiary/aromatic N) is 1. The highest BCUT2D eigenvalue weighted by Crippen LogP contribution is 2.22. The lowest BCUT2D eigenvalue weighted by Gasteiger charge is -2.11. The van der Waals surface area contributed by atoms with E-state index < -0.39 is 0 Å². The molecule has 7 heteroatoms. The maximum Gasteiger partial charge on any atom is 0.226 e. The molecule has 2 amide bonds. The Morgan fingerprint density at radius 3 is 2.90 bits per heavy atom. The van der Waals surface area contributed by atoms with Crippen LogP contribution in [-0.2, 0) is 16.0 Å². The minimum absolute atomic E-state index is 0.0638. The van der Waals surface area contributed by atoms with Gasteiger partial charge in [0.2, 0.25) is 12.3 Å². The molecule has 4 N–H and O–H groups in total. The van der Waals surface area contributed by atoms with Gasteiger partial charge in [0.05, 0.1) is 18.2 Å². The van der Waals surface area contributed by atoms with Gasteiger partial charge < -0.3 is 16.4 Å². The van der Waals surface area contributed by atoms with E-state index in [0.29, 0.717) is 31.8 Å². The molecule has 0 aliphatic rings. The van der Waals surface area contributed by atoms with E-state index in [1.165, 1.54) is 11.3 Å². The summed E-state index contributed by atoms with van der Waals surface area (Å²) in [6.45, 7) is 5.20. The van der Waals surface area contributed by atoms with Gasteiger partial charge in [-0.25, -0.2) is 4.98 Å². The van der Waals surface area contributed by atoms with E-state index in [2.05, 4.69) is 15.6 Å². The predicted octanol–water partition coefficient (Wildman–Crippen LogP) is 0.594. The van der Waals surface area contributed by atoms with E-state index in [-0.39, 0.29) is 18.4 Å². The van der Waals surface area contributed by atoms with Crippen LogP contribution in [0.2, 0.25) is 0 Å². The zero-order valence-electron chi connectivity index (χ0n) is 11.9. The molecule has 112 valence electrons. The SMILES string of the molecule is CC(C)C(N)c1nc(CC(=O)NCCCNC=O)cs1. The first-order valence-electron chi connectivity index (χ1n) is 6.68. The summed E-state index contributed by atoms with van der Waals surface area (Å²) in [4.78, 5) is 26.1. The summed E-state index contributed by atoms with van der Waals surface area (Å²) in [5, 5.41) is 8.08. The number of nitrogens with one attached hydrogen (secondary N) is 2. The number of nitrogens with two attached hydrogens (primary N) is 1. The van der Waals surface area contributed by atoms with Crippen LogP contribution in [0.5, 0.6) is 0 Å². The Morgan fingerprint density at radius 2 is 2.25 bits per heavy atom. The van der Waals surface area contributed by atoms with Crippen molar-refractivity contribution in [3.8, 4) is 0 Å². The lowest BCUT2D eigenvalue weighted by Crippen LogP contribution is -2.28. The first-order chi connectivity index (χ1) is 9.54. The molecule has 1 atom stereocenters. The standard InChI is InChI=1S/C13H22N4O2S/c1-9(2)12(14)13-17-10(7-20-13)6-11(19)16-5-3-4-15-8-18/h7-9,12H,3-6,14H2,1-2H3,(H,15,18)(H,16,19). The van der Waals surface area contributed by atoms with Crippen LogP contribution >= 0.6 is 11.3 Å². The van der Waals surface area contributed by atoms with Crippen LogP contribution in [0.1, 0.15) is 37.0 Å². The van der Waals surface area contributed by atoms with Gasteiger partial charge in [-0.3, -0.25) is 9.59 Å². The molecule has 0 spiro atoms. The number of rotatable bonds is 9. The zero-order valence-corrected chi connectivity index (χ0v) is 12.7. The Hall–Kier alpha value is -1.47. The van der Waals surface area contributed by atoms with Gasteiger partial charge in [-0.2, -0.15) is 0 Å². The minimum atomic E-state index is -0.0776.